The summed E-state index contributed by atoms with van der Waals surface area (Å²) >= 11 is 6.35. The van der Waals surface area contributed by atoms with Crippen molar-refractivity contribution < 1.29 is 9.18 Å². The zero-order valence-corrected chi connectivity index (χ0v) is 14.6. The van der Waals surface area contributed by atoms with E-state index in [-0.39, 0.29) is 11.5 Å². The molecule has 1 amide bonds. The summed E-state index contributed by atoms with van der Waals surface area (Å²) in [6.45, 7) is 2.18. The molecule has 0 radical (unpaired) electrons. The molecule has 0 aliphatic heterocycles. The summed E-state index contributed by atoms with van der Waals surface area (Å²) in [7, 11) is 0. The Hall–Kier alpha value is -3.06. The summed E-state index contributed by atoms with van der Waals surface area (Å²) in [5, 5.41) is 8.66. The quantitative estimate of drug-likeness (QED) is 0.553. The molecule has 3 rings (SSSR count). The lowest BCUT2D eigenvalue weighted by Crippen LogP contribution is -2.18. The fourth-order valence-electron chi connectivity index (χ4n) is 2.29. The highest BCUT2D eigenvalue weighted by Crippen LogP contribution is 2.19. The number of rotatable bonds is 5. The third kappa shape index (κ3) is 4.12. The minimum atomic E-state index is -0.422. The van der Waals surface area contributed by atoms with Gasteiger partial charge in [0.15, 0.2) is 0 Å². The number of carbonyl (C=O) groups excluding carboxylic acids is 1. The lowest BCUT2D eigenvalue weighted by Gasteiger charge is -2.03. The van der Waals surface area contributed by atoms with E-state index in [9.17, 15) is 9.18 Å². The first kappa shape index (κ1) is 17.8. The van der Waals surface area contributed by atoms with Crippen LogP contribution in [0.4, 0.5) is 4.39 Å². The largest absolute Gasteiger partial charge is 0.289 e. The molecule has 0 aliphatic rings. The molecule has 0 spiro atoms. The van der Waals surface area contributed by atoms with E-state index in [2.05, 4.69) is 20.6 Å². The Labute approximate surface area is 154 Å². The highest BCUT2D eigenvalue weighted by molar-refractivity contribution is 6.32. The standard InChI is InChI=1S/C18H15ClFN5O/c1-12-15(10-22-23-18(26)16-4-2-3-9-21-16)17(19)25(24-12)11-13-5-7-14(20)8-6-13/h2-10H,11H2,1H3,(H,23,26)/b22-10+. The van der Waals surface area contributed by atoms with Gasteiger partial charge in [0.1, 0.15) is 16.7 Å². The van der Waals surface area contributed by atoms with E-state index in [1.54, 1.807) is 41.9 Å². The zero-order valence-electron chi connectivity index (χ0n) is 13.9. The van der Waals surface area contributed by atoms with Gasteiger partial charge in [0, 0.05) is 6.20 Å². The highest BCUT2D eigenvalue weighted by Gasteiger charge is 2.12. The van der Waals surface area contributed by atoms with Crippen molar-refractivity contribution in [3.05, 3.63) is 82.1 Å². The molecule has 8 heteroatoms. The molecule has 0 saturated carbocycles. The molecule has 26 heavy (non-hydrogen) atoms. The fraction of sp³-hybridized carbons (Fsp3) is 0.111. The molecule has 0 saturated heterocycles. The molecule has 0 fully saturated rings. The monoisotopic (exact) mass is 371 g/mol. The predicted molar refractivity (Wildman–Crippen MR) is 96.8 cm³/mol. The van der Waals surface area contributed by atoms with Crippen LogP contribution in [-0.4, -0.2) is 26.9 Å². The number of amides is 1. The number of benzene rings is 1. The molecular formula is C18H15ClFN5O. The average molecular weight is 372 g/mol. The van der Waals surface area contributed by atoms with Gasteiger partial charge in [-0.2, -0.15) is 10.2 Å². The number of aryl methyl sites for hydroxylation is 1. The number of nitrogens with zero attached hydrogens (tertiary/aromatic N) is 4. The number of hydrogen-bond donors (Lipinski definition) is 1. The van der Waals surface area contributed by atoms with Crippen molar-refractivity contribution in [2.24, 2.45) is 5.10 Å². The summed E-state index contributed by atoms with van der Waals surface area (Å²) in [6.07, 6.45) is 2.96. The van der Waals surface area contributed by atoms with Gasteiger partial charge in [0.2, 0.25) is 0 Å². The molecular weight excluding hydrogens is 357 g/mol. The molecule has 0 aliphatic carbocycles. The van der Waals surface area contributed by atoms with Crippen molar-refractivity contribution in [2.75, 3.05) is 0 Å². The Morgan fingerprint density at radius 2 is 2.08 bits per heavy atom. The maximum atomic E-state index is 13.0. The lowest BCUT2D eigenvalue weighted by molar-refractivity contribution is 0.0950. The Morgan fingerprint density at radius 1 is 1.31 bits per heavy atom. The Balaban J connectivity index is 1.71. The lowest BCUT2D eigenvalue weighted by atomic mass is 10.2. The topological polar surface area (TPSA) is 72.2 Å². The van der Waals surface area contributed by atoms with Gasteiger partial charge < -0.3 is 0 Å². The number of hydrazone groups is 1. The molecule has 132 valence electrons. The first-order valence-electron chi connectivity index (χ1n) is 7.76. The van der Waals surface area contributed by atoms with E-state index in [4.69, 9.17) is 11.6 Å². The van der Waals surface area contributed by atoms with Crippen LogP contribution in [0.2, 0.25) is 5.15 Å². The van der Waals surface area contributed by atoms with Crippen molar-refractivity contribution in [3.63, 3.8) is 0 Å². The van der Waals surface area contributed by atoms with Crippen LogP contribution in [0, 0.1) is 12.7 Å². The summed E-state index contributed by atoms with van der Waals surface area (Å²) in [4.78, 5) is 15.8. The molecule has 1 N–H and O–H groups in total. The Morgan fingerprint density at radius 3 is 2.77 bits per heavy atom. The highest BCUT2D eigenvalue weighted by atomic mass is 35.5. The summed E-state index contributed by atoms with van der Waals surface area (Å²) in [5.74, 6) is -0.720. The molecule has 2 aromatic heterocycles. The van der Waals surface area contributed by atoms with Gasteiger partial charge >= 0.3 is 0 Å². The molecule has 1 aromatic carbocycles. The number of aromatic nitrogens is 3. The third-order valence-corrected chi connectivity index (χ3v) is 4.01. The second kappa shape index (κ2) is 7.88. The molecule has 3 aromatic rings. The number of carbonyl (C=O) groups is 1. The van der Waals surface area contributed by atoms with Crippen molar-refractivity contribution in [3.8, 4) is 0 Å². The van der Waals surface area contributed by atoms with Gasteiger partial charge in [-0.1, -0.05) is 29.8 Å². The molecule has 2 heterocycles. The van der Waals surface area contributed by atoms with E-state index >= 15 is 0 Å². The normalized spacial score (nSPS) is 11.0. The van der Waals surface area contributed by atoms with E-state index in [0.29, 0.717) is 23.0 Å². The van der Waals surface area contributed by atoms with Crippen molar-refractivity contribution in [1.29, 1.82) is 0 Å². The third-order valence-electron chi connectivity index (χ3n) is 3.61. The summed E-state index contributed by atoms with van der Waals surface area (Å²) in [5.41, 5.74) is 4.78. The van der Waals surface area contributed by atoms with Gasteiger partial charge in [-0.3, -0.25) is 9.78 Å². The van der Waals surface area contributed by atoms with Gasteiger partial charge in [-0.15, -0.1) is 0 Å². The van der Waals surface area contributed by atoms with Crippen LogP contribution < -0.4 is 5.43 Å². The van der Waals surface area contributed by atoms with Gasteiger partial charge in [-0.25, -0.2) is 14.5 Å². The van der Waals surface area contributed by atoms with Crippen LogP contribution in [0.5, 0.6) is 0 Å². The first-order chi connectivity index (χ1) is 12.5. The second-order valence-electron chi connectivity index (χ2n) is 5.49. The summed E-state index contributed by atoms with van der Waals surface area (Å²) < 4.78 is 14.6. The molecule has 6 nitrogen and oxygen atoms in total. The molecule has 0 unspecified atom stereocenters. The van der Waals surface area contributed by atoms with Crippen LogP contribution in [0.15, 0.2) is 53.8 Å². The predicted octanol–water partition coefficient (Wildman–Crippen LogP) is 3.19. The van der Waals surface area contributed by atoms with Crippen molar-refractivity contribution >= 4 is 23.7 Å². The van der Waals surface area contributed by atoms with Crippen LogP contribution in [0.1, 0.15) is 27.3 Å². The Kier molecular flexibility index (Phi) is 5.38. The molecule has 0 atom stereocenters. The number of pyridine rings is 1. The maximum absolute atomic E-state index is 13.0. The van der Waals surface area contributed by atoms with Gasteiger partial charge in [0.25, 0.3) is 5.91 Å². The van der Waals surface area contributed by atoms with E-state index in [1.807, 2.05) is 0 Å². The SMILES string of the molecule is Cc1nn(Cc2ccc(F)cc2)c(Cl)c1/C=N/NC(=O)c1ccccn1. The average Bonchev–Trinajstić information content (AvgIpc) is 2.91. The first-order valence-corrected chi connectivity index (χ1v) is 8.14. The zero-order chi connectivity index (χ0) is 18.5. The van der Waals surface area contributed by atoms with Crippen molar-refractivity contribution in [1.82, 2.24) is 20.2 Å². The summed E-state index contributed by atoms with van der Waals surface area (Å²) in [6, 6.07) is 11.1. The minimum absolute atomic E-state index is 0.263. The number of nitrogens with one attached hydrogen (secondary N) is 1. The van der Waals surface area contributed by atoms with Crippen molar-refractivity contribution in [2.45, 2.75) is 13.5 Å². The molecule has 0 bridgehead atoms. The smallest absolute Gasteiger partial charge is 0.266 e. The van der Waals surface area contributed by atoms with Crippen LogP contribution in [0.25, 0.3) is 0 Å². The second-order valence-corrected chi connectivity index (χ2v) is 5.85. The fourth-order valence-corrected chi connectivity index (χ4v) is 2.57. The van der Waals surface area contributed by atoms with Gasteiger partial charge in [-0.05, 0) is 36.8 Å². The van der Waals surface area contributed by atoms with E-state index in [1.165, 1.54) is 24.5 Å². The maximum Gasteiger partial charge on any atom is 0.289 e. The number of halogens is 2. The van der Waals surface area contributed by atoms with Crippen LogP contribution in [-0.2, 0) is 6.54 Å². The van der Waals surface area contributed by atoms with Crippen LogP contribution >= 0.6 is 11.6 Å². The van der Waals surface area contributed by atoms with Crippen LogP contribution in [0.3, 0.4) is 0 Å². The number of hydrogen-bond acceptors (Lipinski definition) is 4. The van der Waals surface area contributed by atoms with E-state index < -0.39 is 5.91 Å². The van der Waals surface area contributed by atoms with E-state index in [0.717, 1.165) is 5.56 Å². The minimum Gasteiger partial charge on any atom is -0.266 e. The Bertz CT molecular complexity index is 938. The van der Waals surface area contributed by atoms with Gasteiger partial charge in [0.05, 0.1) is 24.0 Å².